The zero-order valence-electron chi connectivity index (χ0n) is 12.0. The molecule has 0 N–H and O–H groups in total. The fraction of sp³-hybridized carbons (Fsp3) is 0.133. The molecule has 0 unspecified atom stereocenters. The number of methoxy groups -OCH3 is 1. The van der Waals surface area contributed by atoms with Gasteiger partial charge in [0.25, 0.3) is 0 Å². The number of thiophene rings is 1. The van der Waals surface area contributed by atoms with Crippen molar-refractivity contribution >= 4 is 23.3 Å². The zero-order valence-corrected chi connectivity index (χ0v) is 12.8. The summed E-state index contributed by atoms with van der Waals surface area (Å²) in [4.78, 5) is 28.1. The predicted octanol–water partition coefficient (Wildman–Crippen LogP) is 3.14. The van der Waals surface area contributed by atoms with Crippen molar-refractivity contribution in [3.8, 4) is 10.6 Å². The highest BCUT2D eigenvalue weighted by Gasteiger charge is 2.21. The van der Waals surface area contributed by atoms with Gasteiger partial charge < -0.3 is 18.3 Å². The molecular weight excluding hydrogens is 322 g/mol. The summed E-state index contributed by atoms with van der Waals surface area (Å²) in [6.45, 7) is -0.132. The van der Waals surface area contributed by atoms with Crippen LogP contribution in [0.5, 0.6) is 0 Å². The van der Waals surface area contributed by atoms with Crippen LogP contribution in [0.4, 0.5) is 0 Å². The molecule has 0 bridgehead atoms. The van der Waals surface area contributed by atoms with E-state index in [-0.39, 0.29) is 18.1 Å². The summed E-state index contributed by atoms with van der Waals surface area (Å²) in [5, 5.41) is 1.87. The third kappa shape index (κ3) is 3.16. The van der Waals surface area contributed by atoms with E-state index < -0.39 is 11.9 Å². The number of esters is 2. The first kappa shape index (κ1) is 15.0. The lowest BCUT2D eigenvalue weighted by Gasteiger charge is -2.01. The van der Waals surface area contributed by atoms with Gasteiger partial charge >= 0.3 is 11.9 Å². The molecule has 3 aromatic heterocycles. The van der Waals surface area contributed by atoms with Crippen molar-refractivity contribution in [2.75, 3.05) is 7.11 Å². The Morgan fingerprint density at radius 3 is 2.87 bits per heavy atom. The normalized spacial score (nSPS) is 10.5. The number of oxazole rings is 1. The Kier molecular flexibility index (Phi) is 4.24. The van der Waals surface area contributed by atoms with Gasteiger partial charge in [-0.05, 0) is 23.6 Å². The molecule has 0 aliphatic rings. The third-order valence-corrected chi connectivity index (χ3v) is 3.77. The Balaban J connectivity index is 1.68. The average Bonchev–Trinajstić information content (AvgIpc) is 3.31. The predicted molar refractivity (Wildman–Crippen MR) is 79.0 cm³/mol. The van der Waals surface area contributed by atoms with Crippen molar-refractivity contribution < 1.29 is 27.9 Å². The van der Waals surface area contributed by atoms with Crippen LogP contribution in [0.3, 0.4) is 0 Å². The van der Waals surface area contributed by atoms with Gasteiger partial charge in [-0.3, -0.25) is 0 Å². The number of nitrogens with zero attached hydrogens (tertiary/aromatic N) is 1. The van der Waals surface area contributed by atoms with E-state index >= 15 is 0 Å². The summed E-state index contributed by atoms with van der Waals surface area (Å²) in [6, 6.07) is 6.64. The van der Waals surface area contributed by atoms with Crippen molar-refractivity contribution in [2.45, 2.75) is 6.61 Å². The van der Waals surface area contributed by atoms with Crippen molar-refractivity contribution in [1.29, 1.82) is 0 Å². The number of hydrogen-bond acceptors (Lipinski definition) is 8. The largest absolute Gasteiger partial charge is 0.463 e. The molecule has 3 aromatic rings. The molecule has 0 saturated carbocycles. The minimum Gasteiger partial charge on any atom is -0.463 e. The summed E-state index contributed by atoms with van der Waals surface area (Å²) < 4.78 is 20.1. The van der Waals surface area contributed by atoms with Crippen LogP contribution in [0.15, 0.2) is 44.9 Å². The van der Waals surface area contributed by atoms with E-state index in [1.54, 1.807) is 0 Å². The number of carbonyl (C=O) groups excluding carboxylic acids is 2. The highest BCUT2D eigenvalue weighted by Crippen LogP contribution is 2.28. The van der Waals surface area contributed by atoms with Gasteiger partial charge in [-0.1, -0.05) is 6.07 Å². The molecular formula is C15H11NO6S. The Bertz CT molecular complexity index is 817. The smallest absolute Gasteiger partial charge is 0.373 e. The van der Waals surface area contributed by atoms with Gasteiger partial charge in [0.05, 0.1) is 12.0 Å². The Morgan fingerprint density at radius 2 is 2.13 bits per heavy atom. The molecule has 23 heavy (non-hydrogen) atoms. The first-order valence-electron chi connectivity index (χ1n) is 6.50. The maximum atomic E-state index is 12.1. The number of rotatable bonds is 5. The maximum absolute atomic E-state index is 12.1. The number of hydrogen-bond donors (Lipinski definition) is 0. The summed E-state index contributed by atoms with van der Waals surface area (Å²) in [7, 11) is 1.25. The van der Waals surface area contributed by atoms with E-state index in [1.165, 1.54) is 37.0 Å². The third-order valence-electron chi connectivity index (χ3n) is 2.90. The molecule has 0 spiro atoms. The standard InChI is InChI=1S/C15H11NO6S/c1-19-14(17)10-5-4-9(22-10)7-20-15(18)12-13(21-8-16-12)11-3-2-6-23-11/h2-6,8H,7H2,1H3. The Labute approximate surface area is 134 Å². The minimum absolute atomic E-state index is 0.0410. The minimum atomic E-state index is -0.641. The first-order chi connectivity index (χ1) is 11.2. The van der Waals surface area contributed by atoms with E-state index in [0.717, 1.165) is 4.88 Å². The van der Waals surface area contributed by atoms with Crippen LogP contribution in [0.25, 0.3) is 10.6 Å². The summed E-state index contributed by atoms with van der Waals surface area (Å²) in [5.74, 6) is -0.517. The molecule has 0 fully saturated rings. The SMILES string of the molecule is COC(=O)c1ccc(COC(=O)c2ncoc2-c2cccs2)o1. The van der Waals surface area contributed by atoms with E-state index in [9.17, 15) is 9.59 Å². The second-order valence-corrected chi connectivity index (χ2v) is 5.29. The lowest BCUT2D eigenvalue weighted by Crippen LogP contribution is -2.06. The van der Waals surface area contributed by atoms with Crippen LogP contribution in [-0.4, -0.2) is 24.0 Å². The van der Waals surface area contributed by atoms with Gasteiger partial charge in [0.1, 0.15) is 12.4 Å². The molecule has 0 radical (unpaired) electrons. The van der Waals surface area contributed by atoms with Crippen molar-refractivity contribution in [2.24, 2.45) is 0 Å². The van der Waals surface area contributed by atoms with E-state index in [4.69, 9.17) is 13.6 Å². The van der Waals surface area contributed by atoms with E-state index in [0.29, 0.717) is 11.5 Å². The van der Waals surface area contributed by atoms with Gasteiger partial charge in [-0.2, -0.15) is 0 Å². The van der Waals surface area contributed by atoms with Crippen LogP contribution < -0.4 is 0 Å². The molecule has 7 nitrogen and oxygen atoms in total. The van der Waals surface area contributed by atoms with Gasteiger partial charge in [-0.25, -0.2) is 14.6 Å². The summed E-state index contributed by atoms with van der Waals surface area (Å²) >= 11 is 1.42. The van der Waals surface area contributed by atoms with Crippen molar-refractivity contribution in [3.63, 3.8) is 0 Å². The van der Waals surface area contributed by atoms with Crippen LogP contribution in [0.1, 0.15) is 26.8 Å². The van der Waals surface area contributed by atoms with Gasteiger partial charge in [0, 0.05) is 0 Å². The van der Waals surface area contributed by atoms with Gasteiger partial charge in [0.15, 0.2) is 17.8 Å². The molecule has 0 aliphatic heterocycles. The maximum Gasteiger partial charge on any atom is 0.373 e. The van der Waals surface area contributed by atoms with Crippen LogP contribution in [0, 0.1) is 0 Å². The quantitative estimate of drug-likeness (QED) is 0.662. The molecule has 0 amide bonds. The molecule has 3 rings (SSSR count). The monoisotopic (exact) mass is 333 g/mol. The number of aromatic nitrogens is 1. The van der Waals surface area contributed by atoms with Gasteiger partial charge in [-0.15, -0.1) is 11.3 Å². The number of carbonyl (C=O) groups is 2. The molecule has 118 valence electrons. The van der Waals surface area contributed by atoms with E-state index in [1.807, 2.05) is 17.5 Å². The molecule has 3 heterocycles. The first-order valence-corrected chi connectivity index (χ1v) is 7.38. The van der Waals surface area contributed by atoms with Crippen LogP contribution >= 0.6 is 11.3 Å². The lowest BCUT2D eigenvalue weighted by molar-refractivity contribution is 0.0433. The lowest BCUT2D eigenvalue weighted by atomic mass is 10.3. The summed E-state index contributed by atoms with van der Waals surface area (Å²) in [6.07, 6.45) is 1.19. The molecule has 8 heteroatoms. The second-order valence-electron chi connectivity index (χ2n) is 4.34. The Morgan fingerprint density at radius 1 is 1.26 bits per heavy atom. The fourth-order valence-corrected chi connectivity index (χ4v) is 2.56. The Hall–Kier alpha value is -2.87. The molecule has 0 aliphatic carbocycles. The van der Waals surface area contributed by atoms with Crippen molar-refractivity contribution in [3.05, 3.63) is 53.3 Å². The topological polar surface area (TPSA) is 91.8 Å². The zero-order chi connectivity index (χ0) is 16.2. The summed E-state index contributed by atoms with van der Waals surface area (Å²) in [5.41, 5.74) is 0.0900. The molecule has 0 saturated heterocycles. The van der Waals surface area contributed by atoms with Crippen LogP contribution in [0.2, 0.25) is 0 Å². The molecule has 0 atom stereocenters. The highest BCUT2D eigenvalue weighted by atomic mass is 32.1. The highest BCUT2D eigenvalue weighted by molar-refractivity contribution is 7.13. The van der Waals surface area contributed by atoms with Gasteiger partial charge in [0.2, 0.25) is 5.76 Å². The van der Waals surface area contributed by atoms with Crippen molar-refractivity contribution in [1.82, 2.24) is 4.98 Å². The number of ether oxygens (including phenoxy) is 2. The van der Waals surface area contributed by atoms with Crippen LogP contribution in [-0.2, 0) is 16.1 Å². The molecule has 0 aromatic carbocycles. The fourth-order valence-electron chi connectivity index (χ4n) is 1.84. The average molecular weight is 333 g/mol. The van der Waals surface area contributed by atoms with E-state index in [2.05, 4.69) is 9.72 Å². The number of furan rings is 1. The second kappa shape index (κ2) is 6.49.